The van der Waals surface area contributed by atoms with E-state index in [4.69, 9.17) is 0 Å². The molecule has 0 spiro atoms. The average molecular weight is 273 g/mol. The molecule has 1 N–H and O–H groups in total. The van der Waals surface area contributed by atoms with Gasteiger partial charge >= 0.3 is 0 Å². The molecule has 2 nitrogen and oxygen atoms in total. The van der Waals surface area contributed by atoms with Crippen LogP contribution >= 0.6 is 11.8 Å². The van der Waals surface area contributed by atoms with Crippen LogP contribution in [-0.2, 0) is 0 Å². The van der Waals surface area contributed by atoms with Gasteiger partial charge < -0.3 is 10.2 Å². The molecule has 1 fully saturated rings. The van der Waals surface area contributed by atoms with Crippen molar-refractivity contribution < 1.29 is 0 Å². The van der Waals surface area contributed by atoms with Gasteiger partial charge in [-0.15, -0.1) is 0 Å². The zero-order chi connectivity index (χ0) is 13.4. The Labute approximate surface area is 118 Å². The lowest BCUT2D eigenvalue weighted by atomic mass is 10.1. The second kappa shape index (κ2) is 8.44. The molecule has 0 aromatic rings. The zero-order valence-electron chi connectivity index (χ0n) is 12.8. The van der Waals surface area contributed by atoms with E-state index in [9.17, 15) is 0 Å². The van der Waals surface area contributed by atoms with E-state index in [1.165, 1.54) is 57.6 Å². The smallest absolute Gasteiger partial charge is 0.0231 e. The minimum Gasteiger partial charge on any atom is -0.315 e. The average Bonchev–Trinajstić information content (AvgIpc) is 2.26. The van der Waals surface area contributed by atoms with E-state index in [2.05, 4.69) is 49.7 Å². The first-order valence-corrected chi connectivity index (χ1v) is 8.58. The molecule has 0 aromatic heterocycles. The molecule has 1 aliphatic rings. The Kier molecular flexibility index (Phi) is 7.66. The van der Waals surface area contributed by atoms with Crippen LogP contribution in [0.5, 0.6) is 0 Å². The molecule has 0 unspecified atom stereocenters. The molecular weight excluding hydrogens is 240 g/mol. The Morgan fingerprint density at radius 1 is 1.17 bits per heavy atom. The van der Waals surface area contributed by atoms with Crippen molar-refractivity contribution in [2.75, 3.05) is 31.9 Å². The van der Waals surface area contributed by atoms with Crippen LogP contribution in [0.25, 0.3) is 0 Å². The molecule has 0 atom stereocenters. The summed E-state index contributed by atoms with van der Waals surface area (Å²) in [4.78, 5) is 2.66. The lowest BCUT2D eigenvalue weighted by Gasteiger charge is -2.37. The van der Waals surface area contributed by atoms with E-state index in [1.54, 1.807) is 0 Å². The summed E-state index contributed by atoms with van der Waals surface area (Å²) in [7, 11) is 0. The lowest BCUT2D eigenvalue weighted by Crippen LogP contribution is -2.43. The minimum atomic E-state index is 0.472. The fourth-order valence-electron chi connectivity index (χ4n) is 2.51. The van der Waals surface area contributed by atoms with Gasteiger partial charge in [0, 0.05) is 29.6 Å². The summed E-state index contributed by atoms with van der Waals surface area (Å²) in [6.07, 6.45) is 5.48. The number of nitrogens with one attached hydrogen (secondary N) is 1. The molecule has 1 saturated heterocycles. The van der Waals surface area contributed by atoms with Crippen molar-refractivity contribution in [1.82, 2.24) is 10.2 Å². The quantitative estimate of drug-likeness (QED) is 0.682. The second-order valence-electron chi connectivity index (χ2n) is 6.41. The zero-order valence-corrected chi connectivity index (χ0v) is 13.6. The van der Waals surface area contributed by atoms with E-state index in [-0.39, 0.29) is 0 Å². The van der Waals surface area contributed by atoms with Gasteiger partial charge in [-0.05, 0) is 39.8 Å². The molecule has 1 rings (SSSR count). The molecular formula is C15H32N2S. The molecule has 0 aliphatic carbocycles. The lowest BCUT2D eigenvalue weighted by molar-refractivity contribution is 0.254. The van der Waals surface area contributed by atoms with Crippen LogP contribution in [0, 0.1) is 0 Å². The Balaban J connectivity index is 1.94. The van der Waals surface area contributed by atoms with Gasteiger partial charge in [-0.1, -0.05) is 26.7 Å². The van der Waals surface area contributed by atoms with Crippen molar-refractivity contribution in [3.63, 3.8) is 0 Å². The fraction of sp³-hybridized carbons (Fsp3) is 1.00. The summed E-state index contributed by atoms with van der Waals surface area (Å²) in [5, 5.41) is 3.48. The summed E-state index contributed by atoms with van der Waals surface area (Å²) in [6.45, 7) is 14.2. The van der Waals surface area contributed by atoms with Crippen LogP contribution in [0.3, 0.4) is 0 Å². The van der Waals surface area contributed by atoms with Crippen LogP contribution in [0.1, 0.15) is 53.4 Å². The minimum absolute atomic E-state index is 0.472. The molecule has 0 aromatic carbocycles. The molecule has 1 aliphatic heterocycles. The Morgan fingerprint density at radius 3 is 2.56 bits per heavy atom. The second-order valence-corrected chi connectivity index (χ2v) is 8.21. The van der Waals surface area contributed by atoms with E-state index in [0.717, 1.165) is 0 Å². The van der Waals surface area contributed by atoms with Gasteiger partial charge in [0.25, 0.3) is 0 Å². The first-order valence-electron chi connectivity index (χ1n) is 7.59. The number of thioether (sulfide) groups is 1. The third-order valence-electron chi connectivity index (χ3n) is 3.46. The van der Waals surface area contributed by atoms with Crippen LogP contribution < -0.4 is 5.32 Å². The molecule has 1 heterocycles. The first kappa shape index (κ1) is 16.3. The standard InChI is InChI=1S/C15H32N2S/c1-14(2)16-9-7-5-6-8-10-17-11-12-18-15(3,4)13-17/h14,16H,5-13H2,1-4H3. The maximum atomic E-state index is 3.48. The molecule has 108 valence electrons. The van der Waals surface area contributed by atoms with Crippen molar-refractivity contribution >= 4 is 11.8 Å². The predicted octanol–water partition coefficient (Wildman–Crippen LogP) is 3.37. The van der Waals surface area contributed by atoms with Crippen LogP contribution in [-0.4, -0.2) is 47.6 Å². The number of hydrogen-bond donors (Lipinski definition) is 1. The first-order chi connectivity index (χ1) is 8.49. The van der Waals surface area contributed by atoms with Crippen LogP contribution in [0.4, 0.5) is 0 Å². The summed E-state index contributed by atoms with van der Waals surface area (Å²) >= 11 is 2.13. The third kappa shape index (κ3) is 7.65. The number of nitrogens with zero attached hydrogens (tertiary/aromatic N) is 1. The molecule has 0 amide bonds. The highest BCUT2D eigenvalue weighted by Gasteiger charge is 2.26. The van der Waals surface area contributed by atoms with Crippen LogP contribution in [0.2, 0.25) is 0 Å². The van der Waals surface area contributed by atoms with Crippen molar-refractivity contribution in [3.05, 3.63) is 0 Å². The van der Waals surface area contributed by atoms with Gasteiger partial charge in [0.05, 0.1) is 0 Å². The Hall–Kier alpha value is 0.270. The fourth-order valence-corrected chi connectivity index (χ4v) is 3.69. The molecule has 0 saturated carbocycles. The van der Waals surface area contributed by atoms with Gasteiger partial charge in [0.2, 0.25) is 0 Å². The number of unbranched alkanes of at least 4 members (excludes halogenated alkanes) is 3. The van der Waals surface area contributed by atoms with Gasteiger partial charge in [-0.25, -0.2) is 0 Å². The number of rotatable bonds is 8. The highest BCUT2D eigenvalue weighted by Crippen LogP contribution is 2.29. The SMILES string of the molecule is CC(C)NCCCCCCN1CCSC(C)(C)C1. The Morgan fingerprint density at radius 2 is 1.89 bits per heavy atom. The highest BCUT2D eigenvalue weighted by atomic mass is 32.2. The number of hydrogen-bond acceptors (Lipinski definition) is 3. The van der Waals surface area contributed by atoms with Gasteiger partial charge in [0.15, 0.2) is 0 Å². The monoisotopic (exact) mass is 272 g/mol. The maximum absolute atomic E-state index is 3.48. The molecule has 0 radical (unpaired) electrons. The molecule has 18 heavy (non-hydrogen) atoms. The molecule has 0 bridgehead atoms. The van der Waals surface area contributed by atoms with Crippen molar-refractivity contribution in [3.8, 4) is 0 Å². The van der Waals surface area contributed by atoms with E-state index in [0.29, 0.717) is 10.8 Å². The highest BCUT2D eigenvalue weighted by molar-refractivity contribution is 8.00. The Bertz CT molecular complexity index is 217. The largest absolute Gasteiger partial charge is 0.315 e. The summed E-state index contributed by atoms with van der Waals surface area (Å²) in [5.74, 6) is 1.31. The normalized spacial score (nSPS) is 20.5. The summed E-state index contributed by atoms with van der Waals surface area (Å²) in [5.41, 5.74) is 0. The molecule has 3 heteroatoms. The summed E-state index contributed by atoms with van der Waals surface area (Å²) in [6, 6.07) is 0.637. The summed E-state index contributed by atoms with van der Waals surface area (Å²) < 4.78 is 0.472. The maximum Gasteiger partial charge on any atom is 0.0231 e. The predicted molar refractivity (Wildman–Crippen MR) is 84.6 cm³/mol. The van der Waals surface area contributed by atoms with Gasteiger partial charge in [-0.3, -0.25) is 0 Å². The van der Waals surface area contributed by atoms with Crippen LogP contribution in [0.15, 0.2) is 0 Å². The van der Waals surface area contributed by atoms with Crippen molar-refractivity contribution in [1.29, 1.82) is 0 Å². The van der Waals surface area contributed by atoms with Gasteiger partial charge in [-0.2, -0.15) is 11.8 Å². The van der Waals surface area contributed by atoms with Crippen molar-refractivity contribution in [2.45, 2.75) is 64.2 Å². The topological polar surface area (TPSA) is 15.3 Å². The van der Waals surface area contributed by atoms with Crippen molar-refractivity contribution in [2.24, 2.45) is 0 Å². The third-order valence-corrected chi connectivity index (χ3v) is 4.76. The van der Waals surface area contributed by atoms with Gasteiger partial charge in [0.1, 0.15) is 0 Å². The van der Waals surface area contributed by atoms with E-state index >= 15 is 0 Å². The van der Waals surface area contributed by atoms with E-state index < -0.39 is 0 Å². The van der Waals surface area contributed by atoms with E-state index in [1.807, 2.05) is 0 Å².